The molecule has 4 aromatic rings. The van der Waals surface area contributed by atoms with Gasteiger partial charge < -0.3 is 10.1 Å². The van der Waals surface area contributed by atoms with Crippen molar-refractivity contribution in [3.8, 4) is 5.69 Å². The normalized spacial score (nSPS) is 14.9. The summed E-state index contributed by atoms with van der Waals surface area (Å²) in [5.41, 5.74) is 1.75. The fraction of sp³-hybridized carbons (Fsp3) is 0.261. The standard InChI is InChI=1S/C23H22FN5O2/c24-16-8-6-15(7-9-16)20(30)13-28(17-10-11-17)14-21-26-22-19(23(31)27-21)12-25-29(22)18-4-2-1-3-5-18/h1-9,12,17,20,30H,10-11,13-14H2,(H,26,27,31). The molecular weight excluding hydrogens is 397 g/mol. The van der Waals surface area contributed by atoms with Crippen molar-refractivity contribution in [2.24, 2.45) is 0 Å². The summed E-state index contributed by atoms with van der Waals surface area (Å²) in [6.45, 7) is 0.768. The molecule has 1 aliphatic carbocycles. The summed E-state index contributed by atoms with van der Waals surface area (Å²) < 4.78 is 14.8. The van der Waals surface area contributed by atoms with Crippen molar-refractivity contribution in [2.75, 3.05) is 6.54 Å². The number of nitrogens with one attached hydrogen (secondary N) is 1. The second-order valence-electron chi connectivity index (χ2n) is 7.87. The average Bonchev–Trinajstić information content (AvgIpc) is 3.53. The number of benzene rings is 2. The molecule has 1 fully saturated rings. The van der Waals surface area contributed by atoms with Gasteiger partial charge in [-0.25, -0.2) is 14.1 Å². The van der Waals surface area contributed by atoms with Crippen LogP contribution in [0.4, 0.5) is 4.39 Å². The molecule has 2 heterocycles. The highest BCUT2D eigenvalue weighted by molar-refractivity contribution is 5.75. The van der Waals surface area contributed by atoms with E-state index < -0.39 is 6.10 Å². The molecule has 0 saturated heterocycles. The lowest BCUT2D eigenvalue weighted by atomic mass is 10.1. The van der Waals surface area contributed by atoms with Crippen molar-refractivity contribution < 1.29 is 9.50 Å². The van der Waals surface area contributed by atoms with E-state index in [1.54, 1.807) is 16.8 Å². The molecular formula is C23H22FN5O2. The molecule has 1 unspecified atom stereocenters. The van der Waals surface area contributed by atoms with E-state index >= 15 is 0 Å². The number of aliphatic hydroxyl groups is 1. The number of aromatic nitrogens is 4. The largest absolute Gasteiger partial charge is 0.387 e. The molecule has 2 aromatic carbocycles. The monoisotopic (exact) mass is 419 g/mol. The number of fused-ring (bicyclic) bond motifs is 1. The fourth-order valence-electron chi connectivity index (χ4n) is 3.78. The lowest BCUT2D eigenvalue weighted by Crippen LogP contribution is -2.32. The third kappa shape index (κ3) is 4.12. The lowest BCUT2D eigenvalue weighted by molar-refractivity contribution is 0.103. The maximum Gasteiger partial charge on any atom is 0.262 e. The highest BCUT2D eigenvalue weighted by atomic mass is 19.1. The first-order valence-corrected chi connectivity index (χ1v) is 10.3. The summed E-state index contributed by atoms with van der Waals surface area (Å²) in [7, 11) is 0. The van der Waals surface area contributed by atoms with Crippen molar-refractivity contribution in [1.29, 1.82) is 0 Å². The van der Waals surface area contributed by atoms with Crippen LogP contribution in [-0.2, 0) is 6.54 Å². The molecule has 1 aliphatic rings. The van der Waals surface area contributed by atoms with E-state index in [0.29, 0.717) is 41.6 Å². The van der Waals surface area contributed by atoms with E-state index in [9.17, 15) is 14.3 Å². The molecule has 0 spiro atoms. The number of hydrogen-bond acceptors (Lipinski definition) is 5. The summed E-state index contributed by atoms with van der Waals surface area (Å²) in [5, 5.41) is 15.4. The number of hydrogen-bond donors (Lipinski definition) is 2. The van der Waals surface area contributed by atoms with Gasteiger partial charge in [-0.05, 0) is 42.7 Å². The molecule has 7 nitrogen and oxygen atoms in total. The van der Waals surface area contributed by atoms with Crippen molar-refractivity contribution in [3.05, 3.63) is 88.4 Å². The smallest absolute Gasteiger partial charge is 0.262 e. The number of para-hydroxylation sites is 1. The van der Waals surface area contributed by atoms with Crippen LogP contribution in [0, 0.1) is 5.82 Å². The summed E-state index contributed by atoms with van der Waals surface area (Å²) in [4.78, 5) is 22.3. The zero-order chi connectivity index (χ0) is 21.4. The highest BCUT2D eigenvalue weighted by Crippen LogP contribution is 2.30. The van der Waals surface area contributed by atoms with Crippen LogP contribution in [-0.4, -0.2) is 42.3 Å². The van der Waals surface area contributed by atoms with Crippen LogP contribution in [0.25, 0.3) is 16.7 Å². The Hall–Kier alpha value is -3.36. The molecule has 0 radical (unpaired) electrons. The molecule has 158 valence electrons. The minimum atomic E-state index is -0.758. The Balaban J connectivity index is 1.42. The maximum atomic E-state index is 13.2. The van der Waals surface area contributed by atoms with Gasteiger partial charge in [0.1, 0.15) is 17.0 Å². The second kappa shape index (κ2) is 8.05. The molecule has 0 bridgehead atoms. The molecule has 8 heteroatoms. The number of rotatable bonds is 7. The number of aromatic amines is 1. The molecule has 2 aromatic heterocycles. The summed E-state index contributed by atoms with van der Waals surface area (Å²) in [5.74, 6) is 0.188. The van der Waals surface area contributed by atoms with Gasteiger partial charge in [0, 0.05) is 12.6 Å². The number of aliphatic hydroxyl groups excluding tert-OH is 1. The van der Waals surface area contributed by atoms with Crippen molar-refractivity contribution in [3.63, 3.8) is 0 Å². The molecule has 1 atom stereocenters. The van der Waals surface area contributed by atoms with Gasteiger partial charge in [-0.2, -0.15) is 5.10 Å². The van der Waals surface area contributed by atoms with Crippen LogP contribution in [0.1, 0.15) is 30.3 Å². The molecule has 0 aliphatic heterocycles. The van der Waals surface area contributed by atoms with Crippen molar-refractivity contribution >= 4 is 11.0 Å². The van der Waals surface area contributed by atoms with E-state index in [4.69, 9.17) is 0 Å². The summed E-state index contributed by atoms with van der Waals surface area (Å²) in [6.07, 6.45) is 2.83. The quantitative estimate of drug-likeness (QED) is 0.481. The van der Waals surface area contributed by atoms with E-state index in [1.165, 1.54) is 18.3 Å². The van der Waals surface area contributed by atoms with Crippen LogP contribution in [0.15, 0.2) is 65.6 Å². The predicted molar refractivity (Wildman–Crippen MR) is 114 cm³/mol. The SMILES string of the molecule is O=c1[nH]c(CN(CC(O)c2ccc(F)cc2)C2CC2)nc2c1cnn2-c1ccccc1. The van der Waals surface area contributed by atoms with Crippen LogP contribution in [0.2, 0.25) is 0 Å². The highest BCUT2D eigenvalue weighted by Gasteiger charge is 2.31. The molecule has 0 amide bonds. The first-order valence-electron chi connectivity index (χ1n) is 10.3. The van der Waals surface area contributed by atoms with Crippen LogP contribution in [0.3, 0.4) is 0 Å². The van der Waals surface area contributed by atoms with Gasteiger partial charge in [0.25, 0.3) is 5.56 Å². The van der Waals surface area contributed by atoms with Crippen LogP contribution in [0.5, 0.6) is 0 Å². The predicted octanol–water partition coefficient (Wildman–Crippen LogP) is 2.95. The number of nitrogens with zero attached hydrogens (tertiary/aromatic N) is 4. The van der Waals surface area contributed by atoms with Gasteiger partial charge in [-0.3, -0.25) is 9.69 Å². The molecule has 2 N–H and O–H groups in total. The number of H-pyrrole nitrogens is 1. The van der Waals surface area contributed by atoms with Gasteiger partial charge in [0.05, 0.1) is 24.5 Å². The van der Waals surface area contributed by atoms with Crippen LogP contribution < -0.4 is 5.56 Å². The zero-order valence-electron chi connectivity index (χ0n) is 16.8. The topological polar surface area (TPSA) is 87.0 Å². The summed E-state index contributed by atoms with van der Waals surface area (Å²) >= 11 is 0. The molecule has 5 rings (SSSR count). The minimum Gasteiger partial charge on any atom is -0.387 e. The van der Waals surface area contributed by atoms with Gasteiger partial charge in [-0.15, -0.1) is 0 Å². The first-order chi connectivity index (χ1) is 15.1. The molecule has 31 heavy (non-hydrogen) atoms. The van der Waals surface area contributed by atoms with Gasteiger partial charge in [-0.1, -0.05) is 30.3 Å². The Labute approximate surface area is 177 Å². The third-order valence-corrected chi connectivity index (χ3v) is 5.57. The van der Waals surface area contributed by atoms with Crippen molar-refractivity contribution in [1.82, 2.24) is 24.6 Å². The third-order valence-electron chi connectivity index (χ3n) is 5.57. The Bertz CT molecular complexity index is 1250. The van der Waals surface area contributed by atoms with E-state index in [0.717, 1.165) is 18.5 Å². The second-order valence-corrected chi connectivity index (χ2v) is 7.87. The first kappa shape index (κ1) is 19.6. The van der Waals surface area contributed by atoms with E-state index in [2.05, 4.69) is 20.0 Å². The zero-order valence-corrected chi connectivity index (χ0v) is 16.8. The summed E-state index contributed by atoms with van der Waals surface area (Å²) in [6, 6.07) is 15.7. The maximum absolute atomic E-state index is 13.2. The minimum absolute atomic E-state index is 0.239. The fourth-order valence-corrected chi connectivity index (χ4v) is 3.78. The Morgan fingerprint density at radius 3 is 2.61 bits per heavy atom. The van der Waals surface area contributed by atoms with Gasteiger partial charge >= 0.3 is 0 Å². The Kier molecular flexibility index (Phi) is 5.09. The average molecular weight is 419 g/mol. The Morgan fingerprint density at radius 1 is 1.16 bits per heavy atom. The van der Waals surface area contributed by atoms with Crippen LogP contribution >= 0.6 is 0 Å². The van der Waals surface area contributed by atoms with E-state index in [1.807, 2.05) is 30.3 Å². The molecule has 1 saturated carbocycles. The van der Waals surface area contributed by atoms with Gasteiger partial charge in [0.2, 0.25) is 0 Å². The van der Waals surface area contributed by atoms with Gasteiger partial charge in [0.15, 0.2) is 5.65 Å². The van der Waals surface area contributed by atoms with E-state index in [-0.39, 0.29) is 11.4 Å². The number of halogens is 1. The van der Waals surface area contributed by atoms with Crippen molar-refractivity contribution in [2.45, 2.75) is 31.5 Å². The Morgan fingerprint density at radius 2 is 1.90 bits per heavy atom. The lowest BCUT2D eigenvalue weighted by Gasteiger charge is -2.24.